The van der Waals surface area contributed by atoms with Crippen LogP contribution in [0.1, 0.15) is 31.1 Å². The molecule has 0 saturated carbocycles. The normalized spacial score (nSPS) is 22.9. The first-order chi connectivity index (χ1) is 13.7. The lowest BCUT2D eigenvalue weighted by molar-refractivity contribution is 0.0974. The summed E-state index contributed by atoms with van der Waals surface area (Å²) in [5.74, 6) is 1.42. The summed E-state index contributed by atoms with van der Waals surface area (Å²) in [4.78, 5) is 16.6. The summed E-state index contributed by atoms with van der Waals surface area (Å²) >= 11 is 0. The molecule has 3 aromatic rings. The molecule has 2 amide bonds. The van der Waals surface area contributed by atoms with Gasteiger partial charge in [0.15, 0.2) is 0 Å². The zero-order chi connectivity index (χ0) is 18.9. The fourth-order valence-electron chi connectivity index (χ4n) is 3.92. The summed E-state index contributed by atoms with van der Waals surface area (Å²) in [6.45, 7) is 0. The van der Waals surface area contributed by atoms with Gasteiger partial charge in [0.2, 0.25) is 11.7 Å². The number of carbonyl (C=O) groups is 1. The maximum Gasteiger partial charge on any atom is 0.323 e. The molecule has 3 heterocycles. The van der Waals surface area contributed by atoms with E-state index in [2.05, 4.69) is 20.8 Å². The van der Waals surface area contributed by atoms with Gasteiger partial charge in [-0.1, -0.05) is 23.4 Å². The van der Waals surface area contributed by atoms with E-state index in [9.17, 15) is 4.79 Å². The molecule has 2 aromatic carbocycles. The SMILES string of the molecule is O=C(Nc1ccccc1)Nc1ccc(-c2noc([C@@H]3C[C@@H]4CC[C@H]3O4)n2)cc1. The monoisotopic (exact) mass is 376 g/mol. The van der Waals surface area contributed by atoms with Gasteiger partial charge in [0.1, 0.15) is 0 Å². The summed E-state index contributed by atoms with van der Waals surface area (Å²) in [6, 6.07) is 16.4. The van der Waals surface area contributed by atoms with Crippen molar-refractivity contribution in [1.29, 1.82) is 0 Å². The van der Waals surface area contributed by atoms with E-state index in [-0.39, 0.29) is 18.1 Å². The lowest BCUT2D eigenvalue weighted by atomic mass is 9.89. The number of urea groups is 1. The molecule has 5 rings (SSSR count). The van der Waals surface area contributed by atoms with Crippen molar-refractivity contribution in [3.05, 3.63) is 60.5 Å². The van der Waals surface area contributed by atoms with Crippen molar-refractivity contribution >= 4 is 17.4 Å². The van der Waals surface area contributed by atoms with E-state index in [1.54, 1.807) is 0 Å². The first kappa shape index (κ1) is 16.9. The number of hydrogen-bond donors (Lipinski definition) is 2. The van der Waals surface area contributed by atoms with Crippen molar-refractivity contribution in [3.8, 4) is 11.4 Å². The van der Waals surface area contributed by atoms with E-state index in [1.807, 2.05) is 54.6 Å². The molecule has 0 aliphatic carbocycles. The topological polar surface area (TPSA) is 89.3 Å². The van der Waals surface area contributed by atoms with Crippen molar-refractivity contribution in [2.45, 2.75) is 37.4 Å². The number of aromatic nitrogens is 2. The highest BCUT2D eigenvalue weighted by Gasteiger charge is 2.44. The number of nitrogens with zero attached hydrogens (tertiary/aromatic N) is 2. The lowest BCUT2D eigenvalue weighted by Gasteiger charge is -2.13. The minimum atomic E-state index is -0.294. The van der Waals surface area contributed by atoms with Gasteiger partial charge < -0.3 is 19.9 Å². The van der Waals surface area contributed by atoms with Crippen LogP contribution in [0.25, 0.3) is 11.4 Å². The molecule has 2 bridgehead atoms. The molecular weight excluding hydrogens is 356 g/mol. The van der Waals surface area contributed by atoms with E-state index in [4.69, 9.17) is 9.26 Å². The Hall–Kier alpha value is -3.19. The Balaban J connectivity index is 1.23. The number of benzene rings is 2. The summed E-state index contributed by atoms with van der Waals surface area (Å²) in [5.41, 5.74) is 2.26. The van der Waals surface area contributed by atoms with Gasteiger partial charge in [0.05, 0.1) is 18.1 Å². The van der Waals surface area contributed by atoms with Crippen LogP contribution in [0.2, 0.25) is 0 Å². The van der Waals surface area contributed by atoms with E-state index >= 15 is 0 Å². The number of amides is 2. The lowest BCUT2D eigenvalue weighted by Crippen LogP contribution is -2.19. The van der Waals surface area contributed by atoms with Crippen molar-refractivity contribution in [1.82, 2.24) is 10.1 Å². The molecule has 1 aromatic heterocycles. The molecule has 0 spiro atoms. The molecule has 2 fully saturated rings. The zero-order valence-corrected chi connectivity index (χ0v) is 15.2. The molecule has 0 unspecified atom stereocenters. The molecule has 7 heteroatoms. The molecule has 2 aliphatic rings. The highest BCUT2D eigenvalue weighted by Crippen LogP contribution is 2.44. The predicted octanol–water partition coefficient (Wildman–Crippen LogP) is 4.42. The molecule has 3 atom stereocenters. The molecular formula is C21H20N4O3. The van der Waals surface area contributed by atoms with E-state index in [0.29, 0.717) is 23.5 Å². The first-order valence-electron chi connectivity index (χ1n) is 9.47. The highest BCUT2D eigenvalue weighted by atomic mass is 16.5. The maximum absolute atomic E-state index is 12.1. The van der Waals surface area contributed by atoms with Gasteiger partial charge in [-0.15, -0.1) is 0 Å². The second-order valence-electron chi connectivity index (χ2n) is 7.19. The Morgan fingerprint density at radius 1 is 0.964 bits per heavy atom. The molecule has 0 radical (unpaired) electrons. The zero-order valence-electron chi connectivity index (χ0n) is 15.2. The number of ether oxygens (including phenoxy) is 1. The molecule has 2 aliphatic heterocycles. The third kappa shape index (κ3) is 3.36. The number of rotatable bonds is 4. The number of para-hydroxylation sites is 1. The van der Waals surface area contributed by atoms with Crippen LogP contribution in [0.5, 0.6) is 0 Å². The third-order valence-corrected chi connectivity index (χ3v) is 5.30. The molecule has 2 saturated heterocycles. The third-order valence-electron chi connectivity index (χ3n) is 5.30. The van der Waals surface area contributed by atoms with E-state index in [0.717, 1.165) is 30.5 Å². The van der Waals surface area contributed by atoms with Crippen LogP contribution in [0.4, 0.5) is 16.2 Å². The van der Waals surface area contributed by atoms with Crippen LogP contribution in [0.3, 0.4) is 0 Å². The summed E-state index contributed by atoms with van der Waals surface area (Å²) in [5, 5.41) is 9.71. The number of carbonyl (C=O) groups excluding carboxylic acids is 1. The van der Waals surface area contributed by atoms with Crippen molar-refractivity contribution in [3.63, 3.8) is 0 Å². The van der Waals surface area contributed by atoms with Crippen LogP contribution in [-0.4, -0.2) is 28.4 Å². The fourth-order valence-corrected chi connectivity index (χ4v) is 3.92. The average Bonchev–Trinajstić information content (AvgIpc) is 3.46. The number of nitrogens with one attached hydrogen (secondary N) is 2. The van der Waals surface area contributed by atoms with Gasteiger partial charge in [0.25, 0.3) is 0 Å². The average molecular weight is 376 g/mol. The van der Waals surface area contributed by atoms with Crippen LogP contribution in [0, 0.1) is 0 Å². The van der Waals surface area contributed by atoms with Gasteiger partial charge in [-0.25, -0.2) is 4.79 Å². The Bertz CT molecular complexity index is 971. The largest absolute Gasteiger partial charge is 0.374 e. The highest BCUT2D eigenvalue weighted by molar-refractivity contribution is 5.99. The second-order valence-corrected chi connectivity index (χ2v) is 7.19. The minimum Gasteiger partial charge on any atom is -0.374 e. The van der Waals surface area contributed by atoms with Crippen molar-refractivity contribution in [2.75, 3.05) is 10.6 Å². The number of hydrogen-bond acceptors (Lipinski definition) is 5. The van der Waals surface area contributed by atoms with Crippen LogP contribution >= 0.6 is 0 Å². The number of fused-ring (bicyclic) bond motifs is 2. The van der Waals surface area contributed by atoms with Gasteiger partial charge in [-0.05, 0) is 55.7 Å². The van der Waals surface area contributed by atoms with Crippen LogP contribution < -0.4 is 10.6 Å². The van der Waals surface area contributed by atoms with Crippen LogP contribution in [-0.2, 0) is 4.74 Å². The Labute approximate surface area is 162 Å². The Kier molecular flexibility index (Phi) is 4.29. The van der Waals surface area contributed by atoms with Gasteiger partial charge >= 0.3 is 6.03 Å². The second kappa shape index (κ2) is 7.09. The van der Waals surface area contributed by atoms with Gasteiger partial charge in [-0.3, -0.25) is 0 Å². The molecule has 142 valence electrons. The minimum absolute atomic E-state index is 0.211. The molecule has 2 N–H and O–H groups in total. The number of anilines is 2. The maximum atomic E-state index is 12.1. The molecule has 28 heavy (non-hydrogen) atoms. The van der Waals surface area contributed by atoms with E-state index < -0.39 is 0 Å². The smallest absolute Gasteiger partial charge is 0.323 e. The predicted molar refractivity (Wildman–Crippen MR) is 104 cm³/mol. The van der Waals surface area contributed by atoms with Gasteiger partial charge in [-0.2, -0.15) is 4.98 Å². The summed E-state index contributed by atoms with van der Waals surface area (Å²) < 4.78 is 11.4. The quantitative estimate of drug-likeness (QED) is 0.704. The van der Waals surface area contributed by atoms with Crippen molar-refractivity contribution < 1.29 is 14.1 Å². The Morgan fingerprint density at radius 2 is 1.71 bits per heavy atom. The first-order valence-corrected chi connectivity index (χ1v) is 9.47. The van der Waals surface area contributed by atoms with Gasteiger partial charge in [0, 0.05) is 16.9 Å². The summed E-state index contributed by atoms with van der Waals surface area (Å²) in [6.07, 6.45) is 3.73. The van der Waals surface area contributed by atoms with E-state index in [1.165, 1.54) is 0 Å². The summed E-state index contributed by atoms with van der Waals surface area (Å²) in [7, 11) is 0. The van der Waals surface area contributed by atoms with Crippen LogP contribution in [0.15, 0.2) is 59.1 Å². The fraction of sp³-hybridized carbons (Fsp3) is 0.286. The standard InChI is InChI=1S/C21H20N4O3/c26-21(22-14-4-2-1-3-5-14)23-15-8-6-13(7-9-15)19-24-20(28-25-19)17-12-16-10-11-18(17)27-16/h1-9,16-18H,10-12H2,(H2,22,23,26)/t16-,17+,18+/m0/s1. The molecule has 7 nitrogen and oxygen atoms in total. The van der Waals surface area contributed by atoms with Crippen molar-refractivity contribution in [2.24, 2.45) is 0 Å². The Morgan fingerprint density at radius 3 is 2.39 bits per heavy atom.